The summed E-state index contributed by atoms with van der Waals surface area (Å²) in [5.74, 6) is 1.55. The number of nitrogens with one attached hydrogen (secondary N) is 1. The highest BCUT2D eigenvalue weighted by molar-refractivity contribution is 5.88. The molecule has 0 aromatic heterocycles. The van der Waals surface area contributed by atoms with Gasteiger partial charge >= 0.3 is 0 Å². The topological polar surface area (TPSA) is 35.6 Å². The molecule has 0 bridgehead atoms. The first-order valence-electron chi connectivity index (χ1n) is 8.13. The summed E-state index contributed by atoms with van der Waals surface area (Å²) in [7, 11) is 2.17. The first kappa shape index (κ1) is 15.8. The molecule has 2 heterocycles. The van der Waals surface area contributed by atoms with E-state index in [1.54, 1.807) is 0 Å². The number of nitrogens with zero attached hydrogens (tertiary/aromatic N) is 2. The Morgan fingerprint density at radius 1 is 1.45 bits per heavy atom. The molecule has 0 radical (unpaired) electrons. The lowest BCUT2D eigenvalue weighted by Gasteiger charge is -2.28. The molecule has 0 aliphatic carbocycles. The molecule has 1 N–H and O–H groups in total. The molecule has 3 atom stereocenters. The number of carbonyl (C=O) groups excluding carboxylic acids is 1. The largest absolute Gasteiger partial charge is 0.325 e. The van der Waals surface area contributed by atoms with Crippen LogP contribution in [0.3, 0.4) is 0 Å². The third-order valence-electron chi connectivity index (χ3n) is 4.94. The van der Waals surface area contributed by atoms with E-state index in [-0.39, 0.29) is 11.7 Å². The van der Waals surface area contributed by atoms with Gasteiger partial charge in [0, 0.05) is 13.1 Å². The monoisotopic (exact) mass is 281 g/mol. The van der Waals surface area contributed by atoms with E-state index >= 15 is 0 Å². The molecule has 20 heavy (non-hydrogen) atoms. The Hall–Kier alpha value is -0.610. The van der Waals surface area contributed by atoms with E-state index in [1.165, 1.54) is 13.0 Å². The SMILES string of the molecule is CCC1(C)NC(CC(C)C)N(CC2CCN(C)C2)C1=O. The van der Waals surface area contributed by atoms with Gasteiger partial charge in [0.25, 0.3) is 0 Å². The summed E-state index contributed by atoms with van der Waals surface area (Å²) in [6.07, 6.45) is 3.35. The van der Waals surface area contributed by atoms with Crippen LogP contribution in [0.4, 0.5) is 0 Å². The molecule has 4 heteroatoms. The number of carbonyl (C=O) groups is 1. The van der Waals surface area contributed by atoms with Gasteiger partial charge < -0.3 is 9.80 Å². The Morgan fingerprint density at radius 3 is 2.65 bits per heavy atom. The summed E-state index contributed by atoms with van der Waals surface area (Å²) < 4.78 is 0. The molecule has 2 aliphatic heterocycles. The van der Waals surface area contributed by atoms with Crippen molar-refractivity contribution in [2.75, 3.05) is 26.7 Å². The lowest BCUT2D eigenvalue weighted by molar-refractivity contribution is -0.133. The molecule has 0 spiro atoms. The smallest absolute Gasteiger partial charge is 0.243 e. The maximum absolute atomic E-state index is 12.8. The molecule has 1 amide bonds. The van der Waals surface area contributed by atoms with Gasteiger partial charge in [-0.15, -0.1) is 0 Å². The average molecular weight is 281 g/mol. The minimum Gasteiger partial charge on any atom is -0.325 e. The third kappa shape index (κ3) is 3.17. The molecule has 4 nitrogen and oxygen atoms in total. The van der Waals surface area contributed by atoms with Gasteiger partial charge in [-0.1, -0.05) is 20.8 Å². The zero-order valence-electron chi connectivity index (χ0n) is 13.8. The van der Waals surface area contributed by atoms with Crippen molar-refractivity contribution >= 4 is 5.91 Å². The molecular formula is C16H31N3O. The summed E-state index contributed by atoms with van der Waals surface area (Å²) >= 11 is 0. The van der Waals surface area contributed by atoms with Crippen molar-refractivity contribution in [3.05, 3.63) is 0 Å². The van der Waals surface area contributed by atoms with E-state index < -0.39 is 0 Å². The standard InChI is InChI=1S/C16H31N3O/c1-6-16(4)15(20)19(14(17-16)9-12(2)3)11-13-7-8-18(5)10-13/h12-14,17H,6-11H2,1-5H3. The van der Waals surface area contributed by atoms with E-state index in [0.29, 0.717) is 17.7 Å². The minimum absolute atomic E-state index is 0.221. The van der Waals surface area contributed by atoms with E-state index in [2.05, 4.69) is 49.9 Å². The van der Waals surface area contributed by atoms with Crippen LogP contribution in [-0.4, -0.2) is 54.1 Å². The summed E-state index contributed by atoms with van der Waals surface area (Å²) in [6, 6.07) is 0. The number of rotatable bonds is 5. The normalized spacial score (nSPS) is 35.5. The zero-order chi connectivity index (χ0) is 14.9. The van der Waals surface area contributed by atoms with E-state index in [1.807, 2.05) is 0 Å². The summed E-state index contributed by atoms with van der Waals surface area (Å²) in [6.45, 7) is 11.8. The average Bonchev–Trinajstić information content (AvgIpc) is 2.87. The maximum atomic E-state index is 12.8. The fraction of sp³-hybridized carbons (Fsp3) is 0.938. The van der Waals surface area contributed by atoms with Crippen molar-refractivity contribution in [2.24, 2.45) is 11.8 Å². The summed E-state index contributed by atoms with van der Waals surface area (Å²) in [5, 5.41) is 3.60. The molecule has 2 rings (SSSR count). The highest BCUT2D eigenvalue weighted by Crippen LogP contribution is 2.29. The van der Waals surface area contributed by atoms with Crippen LogP contribution >= 0.6 is 0 Å². The van der Waals surface area contributed by atoms with E-state index in [9.17, 15) is 4.79 Å². The highest BCUT2D eigenvalue weighted by atomic mass is 16.2. The quantitative estimate of drug-likeness (QED) is 0.836. The van der Waals surface area contributed by atoms with E-state index in [0.717, 1.165) is 25.9 Å². The number of likely N-dealkylation sites (tertiary alicyclic amines) is 1. The predicted octanol–water partition coefficient (Wildman–Crippen LogP) is 1.91. The number of amides is 1. The van der Waals surface area contributed by atoms with Crippen LogP contribution in [0.2, 0.25) is 0 Å². The predicted molar refractivity (Wildman–Crippen MR) is 82.4 cm³/mol. The van der Waals surface area contributed by atoms with Crippen molar-refractivity contribution in [3.8, 4) is 0 Å². The van der Waals surface area contributed by atoms with Gasteiger partial charge in [-0.05, 0) is 51.6 Å². The second-order valence-electron chi connectivity index (χ2n) is 7.35. The van der Waals surface area contributed by atoms with Gasteiger partial charge in [-0.25, -0.2) is 0 Å². The van der Waals surface area contributed by atoms with Crippen LogP contribution in [0.25, 0.3) is 0 Å². The van der Waals surface area contributed by atoms with Crippen LogP contribution in [0.1, 0.15) is 47.0 Å². The van der Waals surface area contributed by atoms with Gasteiger partial charge in [-0.2, -0.15) is 0 Å². The Bertz CT molecular complexity index is 358. The molecular weight excluding hydrogens is 250 g/mol. The van der Waals surface area contributed by atoms with Gasteiger partial charge in [-0.3, -0.25) is 10.1 Å². The molecule has 0 aromatic rings. The van der Waals surface area contributed by atoms with Crippen molar-refractivity contribution in [1.29, 1.82) is 0 Å². The van der Waals surface area contributed by atoms with Gasteiger partial charge in [0.15, 0.2) is 0 Å². The third-order valence-corrected chi connectivity index (χ3v) is 4.94. The van der Waals surface area contributed by atoms with Crippen LogP contribution in [0.15, 0.2) is 0 Å². The molecule has 0 saturated carbocycles. The molecule has 2 fully saturated rings. The van der Waals surface area contributed by atoms with Crippen LogP contribution < -0.4 is 5.32 Å². The lowest BCUT2D eigenvalue weighted by Crippen LogP contribution is -2.44. The second-order valence-corrected chi connectivity index (χ2v) is 7.35. The number of hydrogen-bond donors (Lipinski definition) is 1. The lowest BCUT2D eigenvalue weighted by atomic mass is 9.99. The van der Waals surface area contributed by atoms with Crippen molar-refractivity contribution in [3.63, 3.8) is 0 Å². The molecule has 116 valence electrons. The second kappa shape index (κ2) is 6.02. The molecule has 3 unspecified atom stereocenters. The van der Waals surface area contributed by atoms with Gasteiger partial charge in [0.05, 0.1) is 11.7 Å². The highest BCUT2D eigenvalue weighted by Gasteiger charge is 2.47. The Balaban J connectivity index is 2.07. The summed E-state index contributed by atoms with van der Waals surface area (Å²) in [5.41, 5.74) is -0.357. The van der Waals surface area contributed by atoms with Crippen molar-refractivity contribution < 1.29 is 4.79 Å². The Kier molecular flexibility index (Phi) is 4.75. The molecule has 2 aliphatic rings. The first-order chi connectivity index (χ1) is 9.35. The first-order valence-corrected chi connectivity index (χ1v) is 8.13. The van der Waals surface area contributed by atoms with Crippen molar-refractivity contribution in [2.45, 2.75) is 58.7 Å². The van der Waals surface area contributed by atoms with Gasteiger partial charge in [0.2, 0.25) is 5.91 Å². The number of hydrogen-bond acceptors (Lipinski definition) is 3. The van der Waals surface area contributed by atoms with Crippen LogP contribution in [-0.2, 0) is 4.79 Å². The van der Waals surface area contributed by atoms with E-state index in [4.69, 9.17) is 0 Å². The van der Waals surface area contributed by atoms with Crippen molar-refractivity contribution in [1.82, 2.24) is 15.1 Å². The molecule has 2 saturated heterocycles. The zero-order valence-corrected chi connectivity index (χ0v) is 13.8. The maximum Gasteiger partial charge on any atom is 0.243 e. The Morgan fingerprint density at radius 2 is 2.15 bits per heavy atom. The van der Waals surface area contributed by atoms with Gasteiger partial charge in [0.1, 0.15) is 0 Å². The summed E-state index contributed by atoms with van der Waals surface area (Å²) in [4.78, 5) is 17.3. The fourth-order valence-corrected chi connectivity index (χ4v) is 3.52. The molecule has 0 aromatic carbocycles. The van der Waals surface area contributed by atoms with Crippen LogP contribution in [0.5, 0.6) is 0 Å². The van der Waals surface area contributed by atoms with Crippen LogP contribution in [0, 0.1) is 11.8 Å². The Labute approximate surface area is 123 Å². The fourth-order valence-electron chi connectivity index (χ4n) is 3.52. The minimum atomic E-state index is -0.357.